The van der Waals surface area contributed by atoms with Crippen LogP contribution in [0.25, 0.3) is 11.3 Å². The molecule has 0 aliphatic rings. The van der Waals surface area contributed by atoms with E-state index in [1.54, 1.807) is 13.0 Å². The van der Waals surface area contributed by atoms with Crippen LogP contribution in [-0.4, -0.2) is 10.7 Å². The summed E-state index contributed by atoms with van der Waals surface area (Å²) < 4.78 is 0. The van der Waals surface area contributed by atoms with Crippen molar-refractivity contribution in [2.24, 2.45) is 0 Å². The first-order valence-corrected chi connectivity index (χ1v) is 8.54. The highest BCUT2D eigenvalue weighted by Crippen LogP contribution is 2.28. The highest BCUT2D eigenvalue weighted by molar-refractivity contribution is 6.02. The third kappa shape index (κ3) is 3.62. The van der Waals surface area contributed by atoms with Gasteiger partial charge in [-0.3, -0.25) is 0 Å². The van der Waals surface area contributed by atoms with Crippen molar-refractivity contribution in [1.29, 1.82) is 10.7 Å². The molecule has 0 aliphatic carbocycles. The van der Waals surface area contributed by atoms with Gasteiger partial charge in [-0.2, -0.15) is 5.26 Å². The Labute approximate surface area is 153 Å². The molecule has 0 radical (unpaired) electrons. The molecule has 4 heteroatoms. The van der Waals surface area contributed by atoms with E-state index in [1.807, 2.05) is 42.5 Å². The summed E-state index contributed by atoms with van der Waals surface area (Å²) in [6, 6.07) is 21.8. The van der Waals surface area contributed by atoms with Crippen molar-refractivity contribution in [3.8, 4) is 17.3 Å². The quantitative estimate of drug-likeness (QED) is 0.618. The molecule has 0 atom stereocenters. The summed E-state index contributed by atoms with van der Waals surface area (Å²) in [5, 5.41) is 20.9. The van der Waals surface area contributed by atoms with E-state index >= 15 is 0 Å². The van der Waals surface area contributed by atoms with Crippen molar-refractivity contribution >= 4 is 17.2 Å². The Morgan fingerprint density at radius 3 is 2.38 bits per heavy atom. The zero-order chi connectivity index (χ0) is 18.5. The topological polar surface area (TPSA) is 72.6 Å². The molecule has 2 N–H and O–H groups in total. The number of rotatable bonds is 5. The molecule has 4 nitrogen and oxygen atoms in total. The Hall–Kier alpha value is -3.45. The van der Waals surface area contributed by atoms with Gasteiger partial charge in [-0.1, -0.05) is 49.4 Å². The van der Waals surface area contributed by atoms with Crippen molar-refractivity contribution in [2.75, 3.05) is 5.32 Å². The zero-order valence-electron chi connectivity index (χ0n) is 14.9. The van der Waals surface area contributed by atoms with Gasteiger partial charge in [0.05, 0.1) is 11.3 Å². The number of pyridine rings is 1. The van der Waals surface area contributed by atoms with Crippen molar-refractivity contribution in [2.45, 2.75) is 20.3 Å². The lowest BCUT2D eigenvalue weighted by Gasteiger charge is -2.14. The average molecular weight is 340 g/mol. The smallest absolute Gasteiger partial charge is 0.140 e. The molecular formula is C22H20N4. The fourth-order valence-electron chi connectivity index (χ4n) is 2.76. The third-order valence-electron chi connectivity index (χ3n) is 4.22. The summed E-state index contributed by atoms with van der Waals surface area (Å²) >= 11 is 0. The predicted octanol–water partition coefficient (Wildman–Crippen LogP) is 5.31. The van der Waals surface area contributed by atoms with Gasteiger partial charge in [0.25, 0.3) is 0 Å². The van der Waals surface area contributed by atoms with Gasteiger partial charge in [-0.25, -0.2) is 4.98 Å². The standard InChI is InChI=1S/C22H20N4/c1-3-16-9-11-17(12-10-16)21-18(14-23)13-20(15(2)24)22(26-21)25-19-7-5-4-6-8-19/h4-13,24H,3H2,1-2H3,(H,25,26). The minimum absolute atomic E-state index is 0.361. The molecule has 1 aromatic heterocycles. The molecule has 0 saturated heterocycles. The van der Waals surface area contributed by atoms with Crippen LogP contribution in [0.15, 0.2) is 60.7 Å². The van der Waals surface area contributed by atoms with Crippen LogP contribution in [0.1, 0.15) is 30.5 Å². The number of aryl methyl sites for hydroxylation is 1. The molecule has 1 heterocycles. The highest BCUT2D eigenvalue weighted by atomic mass is 15.0. The molecule has 0 spiro atoms. The molecule has 0 saturated carbocycles. The molecule has 128 valence electrons. The van der Waals surface area contributed by atoms with Crippen LogP contribution in [0.2, 0.25) is 0 Å². The van der Waals surface area contributed by atoms with Crippen LogP contribution in [0, 0.1) is 16.7 Å². The fourth-order valence-corrected chi connectivity index (χ4v) is 2.76. The molecule has 0 unspecified atom stereocenters. The van der Waals surface area contributed by atoms with E-state index < -0.39 is 0 Å². The Balaban J connectivity index is 2.13. The van der Waals surface area contributed by atoms with Gasteiger partial charge in [-0.05, 0) is 37.1 Å². The molecular weight excluding hydrogens is 320 g/mol. The number of nitrogens with zero attached hydrogens (tertiary/aromatic N) is 2. The molecule has 0 aliphatic heterocycles. The molecule has 3 rings (SSSR count). The molecule has 0 amide bonds. The largest absolute Gasteiger partial charge is 0.340 e. The Bertz CT molecular complexity index is 968. The molecule has 2 aromatic carbocycles. The summed E-state index contributed by atoms with van der Waals surface area (Å²) in [5.74, 6) is 0.581. The lowest BCUT2D eigenvalue weighted by molar-refractivity contribution is 1.14. The van der Waals surface area contributed by atoms with Gasteiger partial charge in [-0.15, -0.1) is 0 Å². The van der Waals surface area contributed by atoms with Crippen LogP contribution < -0.4 is 5.32 Å². The van der Waals surface area contributed by atoms with Gasteiger partial charge in [0, 0.05) is 22.5 Å². The minimum atomic E-state index is 0.361. The van der Waals surface area contributed by atoms with E-state index in [0.29, 0.717) is 28.4 Å². The third-order valence-corrected chi connectivity index (χ3v) is 4.22. The maximum absolute atomic E-state index is 9.59. The number of benzene rings is 2. The van der Waals surface area contributed by atoms with Gasteiger partial charge < -0.3 is 10.7 Å². The van der Waals surface area contributed by atoms with Crippen molar-refractivity contribution in [3.05, 3.63) is 77.4 Å². The van der Waals surface area contributed by atoms with Crippen LogP contribution >= 0.6 is 0 Å². The normalized spacial score (nSPS) is 10.2. The Morgan fingerprint density at radius 1 is 1.12 bits per heavy atom. The van der Waals surface area contributed by atoms with Gasteiger partial charge in [0.2, 0.25) is 0 Å². The van der Waals surface area contributed by atoms with Gasteiger partial charge in [0.15, 0.2) is 0 Å². The van der Waals surface area contributed by atoms with Gasteiger partial charge in [0.1, 0.15) is 11.9 Å². The number of nitrogens with one attached hydrogen (secondary N) is 2. The number of para-hydroxylation sites is 1. The summed E-state index contributed by atoms with van der Waals surface area (Å²) in [7, 11) is 0. The lowest BCUT2D eigenvalue weighted by atomic mass is 10.0. The first-order valence-electron chi connectivity index (χ1n) is 8.54. The van der Waals surface area contributed by atoms with E-state index in [9.17, 15) is 5.26 Å². The van der Waals surface area contributed by atoms with Crippen molar-refractivity contribution < 1.29 is 0 Å². The van der Waals surface area contributed by atoms with E-state index in [4.69, 9.17) is 10.4 Å². The summed E-state index contributed by atoms with van der Waals surface area (Å²) in [6.07, 6.45) is 0.964. The van der Waals surface area contributed by atoms with Crippen LogP contribution in [-0.2, 0) is 6.42 Å². The lowest BCUT2D eigenvalue weighted by Crippen LogP contribution is -2.06. The number of aromatic nitrogens is 1. The summed E-state index contributed by atoms with van der Waals surface area (Å²) in [6.45, 7) is 3.81. The minimum Gasteiger partial charge on any atom is -0.340 e. The van der Waals surface area contributed by atoms with Crippen LogP contribution in [0.3, 0.4) is 0 Å². The summed E-state index contributed by atoms with van der Waals surface area (Å²) in [5.41, 5.74) is 5.10. The van der Waals surface area contributed by atoms with E-state index in [-0.39, 0.29) is 0 Å². The van der Waals surface area contributed by atoms with Gasteiger partial charge >= 0.3 is 0 Å². The average Bonchev–Trinajstić information content (AvgIpc) is 2.68. The molecule has 0 bridgehead atoms. The fraction of sp³-hybridized carbons (Fsp3) is 0.136. The van der Waals surface area contributed by atoms with Crippen molar-refractivity contribution in [3.63, 3.8) is 0 Å². The second-order valence-corrected chi connectivity index (χ2v) is 6.06. The van der Waals surface area contributed by atoms with Crippen LogP contribution in [0.5, 0.6) is 0 Å². The first-order chi connectivity index (χ1) is 12.6. The van der Waals surface area contributed by atoms with E-state index in [1.165, 1.54) is 5.56 Å². The number of anilines is 2. The SMILES string of the molecule is CCc1ccc(-c2nc(Nc3ccccc3)c(C(C)=N)cc2C#N)cc1. The summed E-state index contributed by atoms with van der Waals surface area (Å²) in [4.78, 5) is 4.71. The molecule has 0 fully saturated rings. The maximum Gasteiger partial charge on any atom is 0.140 e. The van der Waals surface area contributed by atoms with Crippen LogP contribution in [0.4, 0.5) is 11.5 Å². The Morgan fingerprint density at radius 2 is 1.81 bits per heavy atom. The van der Waals surface area contributed by atoms with E-state index in [2.05, 4.69) is 30.4 Å². The first kappa shape index (κ1) is 17.4. The second kappa shape index (κ2) is 7.62. The molecule has 26 heavy (non-hydrogen) atoms. The number of hydrogen-bond acceptors (Lipinski definition) is 4. The number of nitriles is 1. The van der Waals surface area contributed by atoms with E-state index in [0.717, 1.165) is 17.7 Å². The molecule has 3 aromatic rings. The predicted molar refractivity (Wildman–Crippen MR) is 106 cm³/mol. The van der Waals surface area contributed by atoms with Crippen molar-refractivity contribution in [1.82, 2.24) is 4.98 Å². The Kier molecular flexibility index (Phi) is 5.09. The second-order valence-electron chi connectivity index (χ2n) is 6.06. The highest BCUT2D eigenvalue weighted by Gasteiger charge is 2.15. The zero-order valence-corrected chi connectivity index (χ0v) is 14.9. The maximum atomic E-state index is 9.59. The monoisotopic (exact) mass is 340 g/mol. The number of hydrogen-bond donors (Lipinski definition) is 2.